The van der Waals surface area contributed by atoms with Crippen molar-refractivity contribution in [2.24, 2.45) is 5.73 Å². The Labute approximate surface area is 181 Å². The molecule has 158 valence electrons. The predicted molar refractivity (Wildman–Crippen MR) is 119 cm³/mol. The second-order valence-corrected chi connectivity index (χ2v) is 8.45. The van der Waals surface area contributed by atoms with Gasteiger partial charge >= 0.3 is 0 Å². The van der Waals surface area contributed by atoms with Crippen LogP contribution in [0.4, 0.5) is 0 Å². The van der Waals surface area contributed by atoms with Gasteiger partial charge in [-0.25, -0.2) is 5.48 Å². The Morgan fingerprint density at radius 2 is 1.52 bits per heavy atom. The van der Waals surface area contributed by atoms with Crippen molar-refractivity contribution in [2.45, 2.75) is 32.0 Å². The molecule has 0 saturated carbocycles. The quantitative estimate of drug-likeness (QED) is 0.438. The Morgan fingerprint density at radius 1 is 0.968 bits per heavy atom. The first-order chi connectivity index (χ1) is 14.8. The van der Waals surface area contributed by atoms with E-state index in [1.165, 1.54) is 4.90 Å². The molecule has 0 fully saturated rings. The first kappa shape index (κ1) is 20.8. The molecule has 0 saturated heterocycles. The largest absolute Gasteiger partial charge is 0.323 e. The summed E-state index contributed by atoms with van der Waals surface area (Å²) in [5.41, 5.74) is 12.5. The standard InChI is InChI=1S/C25H25N3O3/c1-25(2,26)22(23(29)27-31)28-15-20-14-19(12-13-21(20)24(28)30)18-10-8-17(9-11-18)16-6-4-3-5-7-16/h3-14,22,31H,15,26H2,1-2H3,(H,27,29)/t22-/m1/s1. The van der Waals surface area contributed by atoms with Crippen molar-refractivity contribution in [1.29, 1.82) is 0 Å². The van der Waals surface area contributed by atoms with E-state index >= 15 is 0 Å². The highest BCUT2D eigenvalue weighted by molar-refractivity contribution is 6.02. The third-order valence-electron chi connectivity index (χ3n) is 5.64. The molecule has 0 bridgehead atoms. The fourth-order valence-electron chi connectivity index (χ4n) is 4.16. The average Bonchev–Trinajstić information content (AvgIpc) is 3.08. The van der Waals surface area contributed by atoms with Crippen molar-refractivity contribution < 1.29 is 14.8 Å². The Hall–Kier alpha value is -3.48. The molecule has 3 aromatic carbocycles. The van der Waals surface area contributed by atoms with Crippen molar-refractivity contribution in [2.75, 3.05) is 0 Å². The summed E-state index contributed by atoms with van der Waals surface area (Å²) in [5.74, 6) is -0.974. The van der Waals surface area contributed by atoms with Crippen molar-refractivity contribution >= 4 is 11.8 Å². The van der Waals surface area contributed by atoms with Gasteiger partial charge in [0.15, 0.2) is 0 Å². The molecule has 1 atom stereocenters. The number of nitrogens with one attached hydrogen (secondary N) is 1. The van der Waals surface area contributed by atoms with Crippen LogP contribution in [0, 0.1) is 0 Å². The number of carbonyl (C=O) groups is 2. The van der Waals surface area contributed by atoms with Crippen molar-refractivity contribution in [1.82, 2.24) is 10.4 Å². The van der Waals surface area contributed by atoms with E-state index in [0.717, 1.165) is 27.8 Å². The zero-order valence-electron chi connectivity index (χ0n) is 17.5. The van der Waals surface area contributed by atoms with E-state index in [0.29, 0.717) is 5.56 Å². The number of hydrogen-bond donors (Lipinski definition) is 3. The van der Waals surface area contributed by atoms with Gasteiger partial charge in [0.05, 0.1) is 0 Å². The van der Waals surface area contributed by atoms with Crippen LogP contribution in [-0.4, -0.2) is 33.5 Å². The van der Waals surface area contributed by atoms with E-state index in [-0.39, 0.29) is 12.5 Å². The van der Waals surface area contributed by atoms with Crippen LogP contribution in [0.25, 0.3) is 22.3 Å². The summed E-state index contributed by atoms with van der Waals surface area (Å²) in [7, 11) is 0. The van der Waals surface area contributed by atoms with Gasteiger partial charge < -0.3 is 10.6 Å². The minimum absolute atomic E-state index is 0.253. The molecule has 2 amide bonds. The fraction of sp³-hybridized carbons (Fsp3) is 0.200. The molecule has 6 heteroatoms. The number of rotatable bonds is 5. The molecule has 1 heterocycles. The number of nitrogens with two attached hydrogens (primary N) is 1. The minimum atomic E-state index is -1.03. The van der Waals surface area contributed by atoms with Crippen molar-refractivity contribution in [3.8, 4) is 22.3 Å². The third-order valence-corrected chi connectivity index (χ3v) is 5.64. The van der Waals surface area contributed by atoms with Gasteiger partial charge in [-0.2, -0.15) is 0 Å². The summed E-state index contributed by atoms with van der Waals surface area (Å²) in [4.78, 5) is 26.6. The number of nitrogens with zero attached hydrogens (tertiary/aromatic N) is 1. The topological polar surface area (TPSA) is 95.7 Å². The lowest BCUT2D eigenvalue weighted by Gasteiger charge is -2.35. The Morgan fingerprint density at radius 3 is 2.10 bits per heavy atom. The average molecular weight is 415 g/mol. The van der Waals surface area contributed by atoms with Crippen molar-refractivity contribution in [3.05, 3.63) is 83.9 Å². The number of benzene rings is 3. The molecule has 0 unspecified atom stereocenters. The predicted octanol–water partition coefficient (Wildman–Crippen LogP) is 3.59. The lowest BCUT2D eigenvalue weighted by Crippen LogP contribution is -2.61. The second kappa shape index (κ2) is 7.98. The van der Waals surface area contributed by atoms with Crippen LogP contribution in [0.1, 0.15) is 29.8 Å². The Balaban J connectivity index is 1.62. The molecule has 0 spiro atoms. The van der Waals surface area contributed by atoms with Gasteiger partial charge in [-0.1, -0.05) is 60.7 Å². The molecule has 1 aliphatic heterocycles. The Bertz CT molecular complexity index is 1120. The van der Waals surface area contributed by atoms with Crippen LogP contribution in [0.2, 0.25) is 0 Å². The van der Waals surface area contributed by atoms with Crippen LogP contribution in [-0.2, 0) is 11.3 Å². The lowest BCUT2D eigenvalue weighted by atomic mass is 9.94. The molecular weight excluding hydrogens is 390 g/mol. The van der Waals surface area contributed by atoms with Gasteiger partial charge in [-0.05, 0) is 53.8 Å². The van der Waals surface area contributed by atoms with Crippen LogP contribution in [0.3, 0.4) is 0 Å². The van der Waals surface area contributed by atoms with E-state index in [1.807, 2.05) is 30.3 Å². The van der Waals surface area contributed by atoms with Crippen LogP contribution >= 0.6 is 0 Å². The summed E-state index contributed by atoms with van der Waals surface area (Å²) in [6.45, 7) is 3.56. The lowest BCUT2D eigenvalue weighted by molar-refractivity contribution is -0.136. The van der Waals surface area contributed by atoms with E-state index in [1.54, 1.807) is 25.4 Å². The SMILES string of the molecule is CC(C)(N)[C@@H](C(=O)NO)N1Cc2cc(-c3ccc(-c4ccccc4)cc3)ccc2C1=O. The van der Waals surface area contributed by atoms with E-state index < -0.39 is 17.5 Å². The smallest absolute Gasteiger partial charge is 0.268 e. The normalized spacial score (nSPS) is 14.3. The van der Waals surface area contributed by atoms with Gasteiger partial charge in [0.25, 0.3) is 11.8 Å². The molecule has 4 N–H and O–H groups in total. The summed E-state index contributed by atoms with van der Waals surface area (Å²) in [6.07, 6.45) is 0. The molecule has 0 aromatic heterocycles. The highest BCUT2D eigenvalue weighted by Gasteiger charge is 2.43. The van der Waals surface area contributed by atoms with Gasteiger partial charge in [0.2, 0.25) is 0 Å². The zero-order valence-corrected chi connectivity index (χ0v) is 17.5. The van der Waals surface area contributed by atoms with Crippen LogP contribution in [0.15, 0.2) is 72.8 Å². The number of hydrogen-bond acceptors (Lipinski definition) is 4. The third kappa shape index (κ3) is 3.95. The zero-order chi connectivity index (χ0) is 22.2. The van der Waals surface area contributed by atoms with E-state index in [2.05, 4.69) is 36.4 Å². The number of carbonyl (C=O) groups excluding carboxylic acids is 2. The highest BCUT2D eigenvalue weighted by Crippen LogP contribution is 2.32. The van der Waals surface area contributed by atoms with Gasteiger partial charge in [0, 0.05) is 17.6 Å². The maximum absolute atomic E-state index is 13.0. The van der Waals surface area contributed by atoms with Crippen LogP contribution < -0.4 is 11.2 Å². The summed E-state index contributed by atoms with van der Waals surface area (Å²) >= 11 is 0. The van der Waals surface area contributed by atoms with E-state index in [4.69, 9.17) is 10.9 Å². The molecule has 6 nitrogen and oxygen atoms in total. The highest BCUT2D eigenvalue weighted by atomic mass is 16.5. The summed E-state index contributed by atoms with van der Waals surface area (Å²) in [6, 6.07) is 23.1. The molecule has 31 heavy (non-hydrogen) atoms. The molecule has 0 aliphatic carbocycles. The molecular formula is C25H25N3O3. The Kier molecular flexibility index (Phi) is 5.35. The minimum Gasteiger partial charge on any atom is -0.323 e. The second-order valence-electron chi connectivity index (χ2n) is 8.45. The first-order valence-corrected chi connectivity index (χ1v) is 10.1. The summed E-state index contributed by atoms with van der Waals surface area (Å²) in [5, 5.41) is 9.14. The molecule has 1 aliphatic rings. The number of amides is 2. The molecule has 3 aromatic rings. The van der Waals surface area contributed by atoms with Crippen molar-refractivity contribution in [3.63, 3.8) is 0 Å². The maximum Gasteiger partial charge on any atom is 0.268 e. The first-order valence-electron chi connectivity index (χ1n) is 10.1. The maximum atomic E-state index is 13.0. The molecule has 4 rings (SSSR count). The monoisotopic (exact) mass is 415 g/mol. The fourth-order valence-corrected chi connectivity index (χ4v) is 4.16. The number of hydroxylamine groups is 1. The van der Waals surface area contributed by atoms with Crippen LogP contribution in [0.5, 0.6) is 0 Å². The van der Waals surface area contributed by atoms with E-state index in [9.17, 15) is 9.59 Å². The number of fused-ring (bicyclic) bond motifs is 1. The molecule has 0 radical (unpaired) electrons. The van der Waals surface area contributed by atoms with Gasteiger partial charge in [0.1, 0.15) is 6.04 Å². The summed E-state index contributed by atoms with van der Waals surface area (Å²) < 4.78 is 0. The van der Waals surface area contributed by atoms with Gasteiger partial charge in [-0.3, -0.25) is 14.8 Å². The van der Waals surface area contributed by atoms with Gasteiger partial charge in [-0.15, -0.1) is 0 Å².